The fourth-order valence-electron chi connectivity index (χ4n) is 2.45. The van der Waals surface area contributed by atoms with Crippen LogP contribution >= 0.6 is 0 Å². The Morgan fingerprint density at radius 2 is 2.20 bits per heavy atom. The van der Waals surface area contributed by atoms with Crippen LogP contribution in [-0.4, -0.2) is 11.5 Å². The molecule has 1 aromatic carbocycles. The van der Waals surface area contributed by atoms with Gasteiger partial charge in [0, 0.05) is 18.2 Å². The molecule has 0 atom stereocenters. The zero-order valence-corrected chi connectivity index (χ0v) is 11.4. The largest absolute Gasteiger partial charge is 0.312 e. The van der Waals surface area contributed by atoms with E-state index in [-0.39, 0.29) is 0 Å². The number of hydrogen-bond acceptors (Lipinski definition) is 3. The maximum atomic E-state index is 13.8. The molecular formula is C15H19FN2O2. The van der Waals surface area contributed by atoms with Gasteiger partial charge in [0.2, 0.25) is 5.82 Å². The van der Waals surface area contributed by atoms with Gasteiger partial charge in [0.15, 0.2) is 0 Å². The summed E-state index contributed by atoms with van der Waals surface area (Å²) in [6, 6.07) is 4.28. The Balaban J connectivity index is 1.83. The normalized spacial score (nSPS) is 14.9. The molecule has 0 radical (unpaired) electrons. The van der Waals surface area contributed by atoms with Crippen molar-refractivity contribution in [3.63, 3.8) is 0 Å². The van der Waals surface area contributed by atoms with Gasteiger partial charge in [-0.15, -0.1) is 0 Å². The second kappa shape index (κ2) is 7.14. The van der Waals surface area contributed by atoms with Crippen LogP contribution in [0.1, 0.15) is 37.7 Å². The van der Waals surface area contributed by atoms with Gasteiger partial charge in [0.1, 0.15) is 0 Å². The summed E-state index contributed by atoms with van der Waals surface area (Å²) in [7, 11) is 0. The van der Waals surface area contributed by atoms with Crippen molar-refractivity contribution in [2.45, 2.75) is 38.6 Å². The number of nitrogens with zero attached hydrogens (tertiary/aromatic N) is 1. The number of nitro groups is 1. The van der Waals surface area contributed by atoms with Gasteiger partial charge in [0.25, 0.3) is 0 Å². The molecule has 0 saturated carbocycles. The molecule has 0 aliphatic heterocycles. The van der Waals surface area contributed by atoms with Gasteiger partial charge in [-0.1, -0.05) is 23.8 Å². The standard InChI is InChI=1S/C15H19FN2O2/c16-15-13(7-4-8-14(15)18(19)20)11-17-10-9-12-5-2-1-3-6-12/h4-5,7-8,17H,1-3,6,9-11H2. The zero-order chi connectivity index (χ0) is 14.4. The molecule has 108 valence electrons. The number of allylic oxidation sites excluding steroid dienone is 1. The average molecular weight is 278 g/mol. The van der Waals surface area contributed by atoms with Gasteiger partial charge >= 0.3 is 5.69 Å². The number of nitrogens with one attached hydrogen (secondary N) is 1. The van der Waals surface area contributed by atoms with E-state index < -0.39 is 16.4 Å². The van der Waals surface area contributed by atoms with Crippen LogP contribution < -0.4 is 5.32 Å². The first-order valence-electron chi connectivity index (χ1n) is 6.99. The smallest absolute Gasteiger partial charge is 0.305 e. The maximum Gasteiger partial charge on any atom is 0.305 e. The molecule has 1 N–H and O–H groups in total. The maximum absolute atomic E-state index is 13.8. The first-order valence-corrected chi connectivity index (χ1v) is 6.99. The Morgan fingerprint density at radius 1 is 1.35 bits per heavy atom. The van der Waals surface area contributed by atoms with Crippen molar-refractivity contribution in [3.05, 3.63) is 51.3 Å². The molecule has 0 aromatic heterocycles. The van der Waals surface area contributed by atoms with E-state index in [0.717, 1.165) is 25.8 Å². The lowest BCUT2D eigenvalue weighted by molar-refractivity contribution is -0.387. The van der Waals surface area contributed by atoms with Crippen molar-refractivity contribution in [1.82, 2.24) is 5.32 Å². The number of halogens is 1. The summed E-state index contributed by atoms with van der Waals surface area (Å²) in [6.07, 6.45) is 8.11. The highest BCUT2D eigenvalue weighted by Gasteiger charge is 2.16. The predicted molar refractivity (Wildman–Crippen MR) is 75.9 cm³/mol. The number of rotatable bonds is 6. The Morgan fingerprint density at radius 3 is 2.90 bits per heavy atom. The number of hydrogen-bond donors (Lipinski definition) is 1. The Bertz CT molecular complexity index is 515. The lowest BCUT2D eigenvalue weighted by Crippen LogP contribution is -2.17. The van der Waals surface area contributed by atoms with Crippen LogP contribution in [-0.2, 0) is 6.54 Å². The van der Waals surface area contributed by atoms with Crippen molar-refractivity contribution in [3.8, 4) is 0 Å². The molecule has 0 amide bonds. The van der Waals surface area contributed by atoms with Crippen molar-refractivity contribution in [1.29, 1.82) is 0 Å². The highest BCUT2D eigenvalue weighted by atomic mass is 19.1. The van der Waals surface area contributed by atoms with Crippen molar-refractivity contribution >= 4 is 5.69 Å². The lowest BCUT2D eigenvalue weighted by Gasteiger charge is -2.13. The van der Waals surface area contributed by atoms with Gasteiger partial charge in [0.05, 0.1) is 4.92 Å². The molecular weight excluding hydrogens is 259 g/mol. The summed E-state index contributed by atoms with van der Waals surface area (Å²) in [5.41, 5.74) is 1.35. The summed E-state index contributed by atoms with van der Waals surface area (Å²) < 4.78 is 13.8. The van der Waals surface area contributed by atoms with E-state index >= 15 is 0 Å². The van der Waals surface area contributed by atoms with E-state index in [1.54, 1.807) is 6.07 Å². The Kier molecular flexibility index (Phi) is 5.24. The quantitative estimate of drug-likeness (QED) is 0.373. The van der Waals surface area contributed by atoms with Crippen LogP contribution in [0.5, 0.6) is 0 Å². The lowest BCUT2D eigenvalue weighted by atomic mass is 9.97. The van der Waals surface area contributed by atoms with Crippen LogP contribution in [0.15, 0.2) is 29.8 Å². The third-order valence-corrected chi connectivity index (χ3v) is 3.58. The predicted octanol–water partition coefficient (Wildman–Crippen LogP) is 3.71. The Labute approximate surface area is 117 Å². The second-order valence-electron chi connectivity index (χ2n) is 5.04. The summed E-state index contributed by atoms with van der Waals surface area (Å²) >= 11 is 0. The van der Waals surface area contributed by atoms with E-state index in [4.69, 9.17) is 0 Å². The van der Waals surface area contributed by atoms with E-state index in [9.17, 15) is 14.5 Å². The summed E-state index contributed by atoms with van der Waals surface area (Å²) in [5, 5.41) is 13.8. The fraction of sp³-hybridized carbons (Fsp3) is 0.467. The molecule has 2 rings (SSSR count). The minimum Gasteiger partial charge on any atom is -0.312 e. The third-order valence-electron chi connectivity index (χ3n) is 3.58. The van der Waals surface area contributed by atoms with E-state index in [2.05, 4.69) is 11.4 Å². The molecule has 1 aliphatic rings. The molecule has 0 fully saturated rings. The van der Waals surface area contributed by atoms with Crippen molar-refractivity contribution in [2.24, 2.45) is 0 Å². The van der Waals surface area contributed by atoms with Gasteiger partial charge in [-0.3, -0.25) is 10.1 Å². The molecule has 4 nitrogen and oxygen atoms in total. The van der Waals surface area contributed by atoms with Crippen molar-refractivity contribution < 1.29 is 9.31 Å². The van der Waals surface area contributed by atoms with Crippen LogP contribution in [0, 0.1) is 15.9 Å². The zero-order valence-electron chi connectivity index (χ0n) is 11.4. The van der Waals surface area contributed by atoms with E-state index in [1.165, 1.54) is 30.5 Å². The molecule has 0 bridgehead atoms. The monoisotopic (exact) mass is 278 g/mol. The van der Waals surface area contributed by atoms with Crippen molar-refractivity contribution in [2.75, 3.05) is 6.54 Å². The van der Waals surface area contributed by atoms with Crippen LogP contribution in [0.2, 0.25) is 0 Å². The molecule has 0 heterocycles. The van der Waals surface area contributed by atoms with E-state index in [0.29, 0.717) is 12.1 Å². The van der Waals surface area contributed by atoms with Gasteiger partial charge in [-0.05, 0) is 38.6 Å². The first kappa shape index (κ1) is 14.7. The highest BCUT2D eigenvalue weighted by Crippen LogP contribution is 2.21. The first-order chi connectivity index (χ1) is 9.68. The minimum atomic E-state index is -0.734. The molecule has 0 spiro atoms. The SMILES string of the molecule is O=[N+]([O-])c1cccc(CNCCC2=CCCCC2)c1F. The minimum absolute atomic E-state index is 0.320. The molecule has 1 aromatic rings. The van der Waals surface area contributed by atoms with Gasteiger partial charge in [-0.2, -0.15) is 4.39 Å². The molecule has 0 unspecified atom stereocenters. The van der Waals surface area contributed by atoms with Crippen LogP contribution in [0.4, 0.5) is 10.1 Å². The van der Waals surface area contributed by atoms with Gasteiger partial charge < -0.3 is 5.32 Å². The number of nitro benzene ring substituents is 1. The molecule has 20 heavy (non-hydrogen) atoms. The second-order valence-corrected chi connectivity index (χ2v) is 5.04. The van der Waals surface area contributed by atoms with Crippen LogP contribution in [0.25, 0.3) is 0 Å². The van der Waals surface area contributed by atoms with E-state index in [1.807, 2.05) is 0 Å². The topological polar surface area (TPSA) is 55.2 Å². The fourth-order valence-corrected chi connectivity index (χ4v) is 2.45. The highest BCUT2D eigenvalue weighted by molar-refractivity contribution is 5.36. The molecule has 1 aliphatic carbocycles. The molecule has 0 saturated heterocycles. The average Bonchev–Trinajstić information content (AvgIpc) is 2.46. The summed E-state index contributed by atoms with van der Waals surface area (Å²) in [4.78, 5) is 9.96. The number of benzene rings is 1. The third kappa shape index (κ3) is 3.87. The van der Waals surface area contributed by atoms with Gasteiger partial charge in [-0.25, -0.2) is 0 Å². The van der Waals surface area contributed by atoms with Crippen LogP contribution in [0.3, 0.4) is 0 Å². The molecule has 5 heteroatoms. The Hall–Kier alpha value is -1.75. The summed E-state index contributed by atoms with van der Waals surface area (Å²) in [5.74, 6) is -0.734. The summed E-state index contributed by atoms with van der Waals surface area (Å²) in [6.45, 7) is 1.09.